The van der Waals surface area contributed by atoms with Gasteiger partial charge < -0.3 is 4.57 Å². The number of H-pyrrole nitrogens is 1. The molecule has 1 aliphatic rings. The fourth-order valence-electron chi connectivity index (χ4n) is 2.76. The van der Waals surface area contributed by atoms with Gasteiger partial charge in [0, 0.05) is 23.5 Å². The quantitative estimate of drug-likeness (QED) is 0.874. The molecular formula is C14H18N4S. The molecule has 0 unspecified atom stereocenters. The Morgan fingerprint density at radius 3 is 3.05 bits per heavy atom. The van der Waals surface area contributed by atoms with Crippen LogP contribution in [0.2, 0.25) is 0 Å². The molecule has 2 aromatic heterocycles. The summed E-state index contributed by atoms with van der Waals surface area (Å²) in [6, 6.07) is 2.25. The summed E-state index contributed by atoms with van der Waals surface area (Å²) in [6.45, 7) is 5.09. The molecule has 0 radical (unpaired) electrons. The molecule has 0 saturated carbocycles. The molecule has 19 heavy (non-hydrogen) atoms. The summed E-state index contributed by atoms with van der Waals surface area (Å²) in [7, 11) is 0. The molecule has 1 aliphatic carbocycles. The average molecular weight is 274 g/mol. The second kappa shape index (κ2) is 4.89. The molecule has 2 heterocycles. The standard InChI is InChI=1S/C14H18N4S/c1-3-7-18-13(16-17-14(18)19)11-8-10-5-4-6-12(10)15-9(11)2/h8H,3-7H2,1-2H3,(H,17,19). The molecule has 5 heteroatoms. The van der Waals surface area contributed by atoms with E-state index in [0.717, 1.165) is 42.9 Å². The molecule has 2 aromatic rings. The lowest BCUT2D eigenvalue weighted by Crippen LogP contribution is -2.03. The van der Waals surface area contributed by atoms with E-state index in [0.29, 0.717) is 4.77 Å². The van der Waals surface area contributed by atoms with Crippen LogP contribution in [0.3, 0.4) is 0 Å². The van der Waals surface area contributed by atoms with Crippen LogP contribution < -0.4 is 0 Å². The van der Waals surface area contributed by atoms with E-state index in [1.54, 1.807) is 0 Å². The van der Waals surface area contributed by atoms with E-state index < -0.39 is 0 Å². The molecule has 3 rings (SSSR count). The molecule has 0 saturated heterocycles. The van der Waals surface area contributed by atoms with Crippen molar-refractivity contribution in [3.63, 3.8) is 0 Å². The lowest BCUT2D eigenvalue weighted by Gasteiger charge is -2.09. The number of rotatable bonds is 3. The van der Waals surface area contributed by atoms with Crippen molar-refractivity contribution in [2.45, 2.75) is 46.1 Å². The van der Waals surface area contributed by atoms with E-state index in [1.807, 2.05) is 0 Å². The summed E-state index contributed by atoms with van der Waals surface area (Å²) in [4.78, 5) is 4.74. The molecule has 0 spiro atoms. The predicted octanol–water partition coefficient (Wildman–Crippen LogP) is 3.21. The summed E-state index contributed by atoms with van der Waals surface area (Å²) in [5.41, 5.74) is 4.79. The first kappa shape index (κ1) is 12.5. The van der Waals surface area contributed by atoms with Gasteiger partial charge in [-0.25, -0.2) is 0 Å². The molecule has 4 nitrogen and oxygen atoms in total. The minimum Gasteiger partial charge on any atom is -0.300 e. The van der Waals surface area contributed by atoms with Crippen molar-refractivity contribution in [1.29, 1.82) is 0 Å². The van der Waals surface area contributed by atoms with Crippen molar-refractivity contribution in [3.8, 4) is 11.4 Å². The first-order chi connectivity index (χ1) is 9.20. The first-order valence-corrected chi connectivity index (χ1v) is 7.26. The zero-order valence-electron chi connectivity index (χ0n) is 11.4. The van der Waals surface area contributed by atoms with Gasteiger partial charge in [-0.2, -0.15) is 5.10 Å². The number of fused-ring (bicyclic) bond motifs is 1. The zero-order chi connectivity index (χ0) is 13.4. The predicted molar refractivity (Wildman–Crippen MR) is 77.7 cm³/mol. The normalized spacial score (nSPS) is 13.8. The maximum Gasteiger partial charge on any atom is 0.195 e. The summed E-state index contributed by atoms with van der Waals surface area (Å²) in [5.74, 6) is 0.923. The summed E-state index contributed by atoms with van der Waals surface area (Å²) < 4.78 is 2.76. The van der Waals surface area contributed by atoms with Gasteiger partial charge in [0.05, 0.1) is 0 Å². The highest BCUT2D eigenvalue weighted by molar-refractivity contribution is 7.71. The number of hydrogen-bond acceptors (Lipinski definition) is 3. The van der Waals surface area contributed by atoms with Crippen LogP contribution in [0.25, 0.3) is 11.4 Å². The van der Waals surface area contributed by atoms with Gasteiger partial charge >= 0.3 is 0 Å². The van der Waals surface area contributed by atoms with Gasteiger partial charge in [-0.3, -0.25) is 10.1 Å². The monoisotopic (exact) mass is 274 g/mol. The van der Waals surface area contributed by atoms with Crippen molar-refractivity contribution >= 4 is 12.2 Å². The highest BCUT2D eigenvalue weighted by Gasteiger charge is 2.18. The van der Waals surface area contributed by atoms with Crippen LogP contribution in [0.5, 0.6) is 0 Å². The van der Waals surface area contributed by atoms with E-state index in [9.17, 15) is 0 Å². The minimum atomic E-state index is 0.691. The molecule has 100 valence electrons. The lowest BCUT2D eigenvalue weighted by molar-refractivity contribution is 0.674. The van der Waals surface area contributed by atoms with Crippen LogP contribution >= 0.6 is 12.2 Å². The van der Waals surface area contributed by atoms with Gasteiger partial charge in [0.25, 0.3) is 0 Å². The largest absolute Gasteiger partial charge is 0.300 e. The number of nitrogens with zero attached hydrogens (tertiary/aromatic N) is 3. The summed E-state index contributed by atoms with van der Waals surface area (Å²) >= 11 is 5.31. The summed E-state index contributed by atoms with van der Waals surface area (Å²) in [6.07, 6.45) is 4.50. The van der Waals surface area contributed by atoms with E-state index in [4.69, 9.17) is 17.2 Å². The molecule has 1 N–H and O–H groups in total. The number of aromatic nitrogens is 4. The molecule has 0 amide bonds. The topological polar surface area (TPSA) is 46.5 Å². The van der Waals surface area contributed by atoms with Gasteiger partial charge in [-0.1, -0.05) is 6.92 Å². The van der Waals surface area contributed by atoms with Gasteiger partial charge in [-0.15, -0.1) is 0 Å². The minimum absolute atomic E-state index is 0.691. The number of aryl methyl sites for hydroxylation is 3. The van der Waals surface area contributed by atoms with Crippen molar-refractivity contribution < 1.29 is 0 Å². The third kappa shape index (κ3) is 2.12. The smallest absolute Gasteiger partial charge is 0.195 e. The van der Waals surface area contributed by atoms with Gasteiger partial charge in [-0.05, 0) is 56.5 Å². The Labute approximate surface area is 117 Å². The third-order valence-electron chi connectivity index (χ3n) is 3.69. The van der Waals surface area contributed by atoms with Crippen molar-refractivity contribution in [1.82, 2.24) is 19.7 Å². The number of aromatic amines is 1. The maximum atomic E-state index is 5.31. The second-order valence-corrected chi connectivity index (χ2v) is 5.47. The van der Waals surface area contributed by atoms with E-state index in [2.05, 4.69) is 34.7 Å². The van der Waals surface area contributed by atoms with Crippen LogP contribution in [0.4, 0.5) is 0 Å². The second-order valence-electron chi connectivity index (χ2n) is 5.08. The van der Waals surface area contributed by atoms with Crippen molar-refractivity contribution in [2.75, 3.05) is 0 Å². The molecule has 0 bridgehead atoms. The van der Waals surface area contributed by atoms with Crippen LogP contribution in [-0.4, -0.2) is 19.7 Å². The Morgan fingerprint density at radius 2 is 2.26 bits per heavy atom. The van der Waals surface area contributed by atoms with E-state index in [-0.39, 0.29) is 0 Å². The molecule has 0 atom stereocenters. The molecule has 0 fully saturated rings. The summed E-state index contributed by atoms with van der Waals surface area (Å²) in [5, 5.41) is 7.30. The van der Waals surface area contributed by atoms with Crippen LogP contribution in [0, 0.1) is 11.7 Å². The number of hydrogen-bond donors (Lipinski definition) is 1. The highest BCUT2D eigenvalue weighted by atomic mass is 32.1. The molecule has 0 aliphatic heterocycles. The molecular weight excluding hydrogens is 256 g/mol. The van der Waals surface area contributed by atoms with Gasteiger partial charge in [0.1, 0.15) is 0 Å². The van der Waals surface area contributed by atoms with E-state index in [1.165, 1.54) is 17.7 Å². The Morgan fingerprint density at radius 1 is 1.42 bits per heavy atom. The molecule has 0 aromatic carbocycles. The Bertz CT molecular complexity index is 669. The third-order valence-corrected chi connectivity index (χ3v) is 4.00. The zero-order valence-corrected chi connectivity index (χ0v) is 12.2. The average Bonchev–Trinajstić information content (AvgIpc) is 2.97. The number of pyridine rings is 1. The van der Waals surface area contributed by atoms with Gasteiger partial charge in [0.15, 0.2) is 10.6 Å². The Balaban J connectivity index is 2.14. The van der Waals surface area contributed by atoms with Crippen LogP contribution in [0.15, 0.2) is 6.07 Å². The Hall–Kier alpha value is -1.49. The Kier molecular flexibility index (Phi) is 3.22. The first-order valence-electron chi connectivity index (χ1n) is 6.85. The van der Waals surface area contributed by atoms with Crippen molar-refractivity contribution in [2.24, 2.45) is 0 Å². The fraction of sp³-hybridized carbons (Fsp3) is 0.500. The highest BCUT2D eigenvalue weighted by Crippen LogP contribution is 2.28. The van der Waals surface area contributed by atoms with Crippen molar-refractivity contribution in [3.05, 3.63) is 27.8 Å². The SMILES string of the molecule is CCCn1c(-c2cc3c(nc2C)CCC3)n[nH]c1=S. The van der Waals surface area contributed by atoms with Crippen LogP contribution in [-0.2, 0) is 19.4 Å². The van der Waals surface area contributed by atoms with Crippen LogP contribution in [0.1, 0.15) is 36.7 Å². The van der Waals surface area contributed by atoms with Gasteiger partial charge in [0.2, 0.25) is 0 Å². The maximum absolute atomic E-state index is 5.31. The fourth-order valence-corrected chi connectivity index (χ4v) is 2.98. The lowest BCUT2D eigenvalue weighted by atomic mass is 10.1. The van der Waals surface area contributed by atoms with E-state index >= 15 is 0 Å². The number of nitrogens with one attached hydrogen (secondary N) is 1.